The van der Waals surface area contributed by atoms with Gasteiger partial charge in [-0.25, -0.2) is 4.79 Å². The molecule has 0 radical (unpaired) electrons. The molecule has 2 saturated heterocycles. The molecule has 9 heteroatoms. The summed E-state index contributed by atoms with van der Waals surface area (Å²) in [5.74, 6) is 0.629. The van der Waals surface area contributed by atoms with Gasteiger partial charge in [0.15, 0.2) is 11.5 Å². The lowest BCUT2D eigenvalue weighted by Crippen LogP contribution is -2.51. The van der Waals surface area contributed by atoms with Crippen LogP contribution in [-0.4, -0.2) is 59.6 Å². The Morgan fingerprint density at radius 2 is 2.03 bits per heavy atom. The van der Waals surface area contributed by atoms with Gasteiger partial charge in [0, 0.05) is 6.04 Å². The number of amides is 4. The van der Waals surface area contributed by atoms with Crippen molar-refractivity contribution in [2.24, 2.45) is 0 Å². The molecule has 4 rings (SSSR count). The zero-order valence-electron chi connectivity index (χ0n) is 16.7. The number of benzene rings is 1. The number of nitrogens with zero attached hydrogens (tertiary/aromatic N) is 2. The quantitative estimate of drug-likeness (QED) is 0.721. The number of hydrogen-bond acceptors (Lipinski definition) is 6. The molecule has 0 bridgehead atoms. The number of urea groups is 1. The fourth-order valence-electron chi connectivity index (χ4n) is 4.03. The van der Waals surface area contributed by atoms with Gasteiger partial charge in [-0.1, -0.05) is 13.0 Å². The van der Waals surface area contributed by atoms with Gasteiger partial charge >= 0.3 is 6.03 Å². The van der Waals surface area contributed by atoms with Crippen molar-refractivity contribution in [3.05, 3.63) is 23.8 Å². The first-order valence-electron chi connectivity index (χ1n) is 10.0. The third kappa shape index (κ3) is 3.62. The summed E-state index contributed by atoms with van der Waals surface area (Å²) in [7, 11) is 0. The molecule has 2 N–H and O–H groups in total. The average Bonchev–Trinajstić information content (AvgIpc) is 3.26. The molecule has 3 aliphatic rings. The topological polar surface area (TPSA) is 100 Å². The predicted octanol–water partition coefficient (Wildman–Crippen LogP) is 1.35. The summed E-state index contributed by atoms with van der Waals surface area (Å²) in [6, 6.07) is 5.34. The average molecular weight is 402 g/mol. The molecular formula is C20H26N4O5. The van der Waals surface area contributed by atoms with Crippen molar-refractivity contribution in [3.8, 4) is 11.5 Å². The van der Waals surface area contributed by atoms with E-state index in [0.717, 1.165) is 41.5 Å². The van der Waals surface area contributed by atoms with E-state index in [2.05, 4.69) is 15.6 Å². The number of carbonyl (C=O) groups is 3. The van der Waals surface area contributed by atoms with Crippen molar-refractivity contribution >= 4 is 17.8 Å². The van der Waals surface area contributed by atoms with Crippen LogP contribution >= 0.6 is 0 Å². The lowest BCUT2D eigenvalue weighted by Gasteiger charge is -2.26. The maximum absolute atomic E-state index is 12.6. The van der Waals surface area contributed by atoms with E-state index in [1.54, 1.807) is 6.92 Å². The zero-order valence-corrected chi connectivity index (χ0v) is 16.7. The second kappa shape index (κ2) is 7.55. The van der Waals surface area contributed by atoms with Crippen LogP contribution in [-0.2, 0) is 9.59 Å². The van der Waals surface area contributed by atoms with E-state index >= 15 is 0 Å². The van der Waals surface area contributed by atoms with Gasteiger partial charge in [0.2, 0.25) is 0 Å². The third-order valence-electron chi connectivity index (χ3n) is 5.87. The molecule has 2 atom stereocenters. The summed E-state index contributed by atoms with van der Waals surface area (Å²) in [6.45, 7) is 5.39. The standard InChI is InChI=1S/C20H26N4O5/c1-3-20(2)18(26)24(19(27)21-20)22-17(25)12-23-8-4-5-14(23)13-6-7-15-16(11-13)29-10-9-28-15/h6-7,11,14H,3-5,8-10,12H2,1-2H3,(H,21,27)(H,22,25)/t14-,20-/m1/s1. The van der Waals surface area contributed by atoms with Crippen molar-refractivity contribution in [1.29, 1.82) is 0 Å². The molecular weight excluding hydrogens is 376 g/mol. The number of hydrogen-bond donors (Lipinski definition) is 2. The number of imide groups is 1. The van der Waals surface area contributed by atoms with E-state index in [1.165, 1.54) is 0 Å². The minimum absolute atomic E-state index is 0.0700. The van der Waals surface area contributed by atoms with Gasteiger partial charge in [0.25, 0.3) is 11.8 Å². The number of rotatable bonds is 5. The largest absolute Gasteiger partial charge is 0.486 e. The molecule has 1 aromatic carbocycles. The Kier molecular flexibility index (Phi) is 5.08. The Bertz CT molecular complexity index is 844. The molecule has 3 aliphatic heterocycles. The molecule has 0 unspecified atom stereocenters. The molecule has 0 aromatic heterocycles. The van der Waals surface area contributed by atoms with E-state index < -0.39 is 23.4 Å². The van der Waals surface area contributed by atoms with Crippen molar-refractivity contribution in [2.45, 2.75) is 44.7 Å². The van der Waals surface area contributed by atoms with Crippen molar-refractivity contribution in [3.63, 3.8) is 0 Å². The van der Waals surface area contributed by atoms with Crippen LogP contribution in [0.15, 0.2) is 18.2 Å². The maximum Gasteiger partial charge on any atom is 0.344 e. The summed E-state index contributed by atoms with van der Waals surface area (Å²) in [5, 5.41) is 3.42. The number of hydrazine groups is 1. The lowest BCUT2D eigenvalue weighted by molar-refractivity contribution is -0.139. The SMILES string of the molecule is CC[C@@]1(C)NC(=O)N(NC(=O)CN2CCC[C@@H]2c2ccc3c(c2)OCCO3)C1=O. The van der Waals surface area contributed by atoms with Crippen LogP contribution in [0.25, 0.3) is 0 Å². The molecule has 3 heterocycles. The zero-order chi connectivity index (χ0) is 20.6. The molecule has 0 spiro atoms. The first-order chi connectivity index (χ1) is 13.9. The van der Waals surface area contributed by atoms with Crippen LogP contribution in [0, 0.1) is 0 Å². The summed E-state index contributed by atoms with van der Waals surface area (Å²) in [6.07, 6.45) is 2.33. The Morgan fingerprint density at radius 3 is 2.76 bits per heavy atom. The van der Waals surface area contributed by atoms with Crippen LogP contribution in [0.1, 0.15) is 44.7 Å². The normalized spacial score (nSPS) is 26.6. The Morgan fingerprint density at radius 1 is 1.28 bits per heavy atom. The number of carbonyl (C=O) groups excluding carboxylic acids is 3. The van der Waals surface area contributed by atoms with E-state index in [1.807, 2.05) is 25.1 Å². The third-order valence-corrected chi connectivity index (χ3v) is 5.87. The van der Waals surface area contributed by atoms with Crippen molar-refractivity contribution in [1.82, 2.24) is 20.7 Å². The highest BCUT2D eigenvalue weighted by Crippen LogP contribution is 2.37. The fraction of sp³-hybridized carbons (Fsp3) is 0.550. The van der Waals surface area contributed by atoms with Gasteiger partial charge in [-0.15, -0.1) is 0 Å². The van der Waals surface area contributed by atoms with Gasteiger partial charge in [-0.3, -0.25) is 19.9 Å². The Balaban J connectivity index is 1.42. The lowest BCUT2D eigenvalue weighted by atomic mass is 10.00. The highest BCUT2D eigenvalue weighted by Gasteiger charge is 2.47. The van der Waals surface area contributed by atoms with Crippen LogP contribution < -0.4 is 20.2 Å². The second-order valence-corrected chi connectivity index (χ2v) is 7.82. The monoisotopic (exact) mass is 402 g/mol. The first kappa shape index (κ1) is 19.5. The summed E-state index contributed by atoms with van der Waals surface area (Å²) < 4.78 is 11.2. The summed E-state index contributed by atoms with van der Waals surface area (Å²) in [5.41, 5.74) is 2.55. The van der Waals surface area contributed by atoms with Crippen molar-refractivity contribution < 1.29 is 23.9 Å². The summed E-state index contributed by atoms with van der Waals surface area (Å²) >= 11 is 0. The van der Waals surface area contributed by atoms with E-state index in [9.17, 15) is 14.4 Å². The van der Waals surface area contributed by atoms with E-state index in [-0.39, 0.29) is 12.6 Å². The Labute approximate surface area is 169 Å². The minimum atomic E-state index is -0.980. The number of likely N-dealkylation sites (tertiary alicyclic amines) is 1. The summed E-state index contributed by atoms with van der Waals surface area (Å²) in [4.78, 5) is 39.2. The van der Waals surface area contributed by atoms with Gasteiger partial charge in [-0.2, -0.15) is 5.01 Å². The molecule has 0 saturated carbocycles. The Hall–Kier alpha value is -2.81. The smallest absolute Gasteiger partial charge is 0.344 e. The first-order valence-corrected chi connectivity index (χ1v) is 10.0. The van der Waals surface area contributed by atoms with Crippen molar-refractivity contribution in [2.75, 3.05) is 26.3 Å². The number of nitrogens with one attached hydrogen (secondary N) is 2. The van der Waals surface area contributed by atoms with E-state index in [4.69, 9.17) is 9.47 Å². The predicted molar refractivity (Wildman–Crippen MR) is 103 cm³/mol. The molecule has 9 nitrogen and oxygen atoms in total. The van der Waals surface area contributed by atoms with Gasteiger partial charge < -0.3 is 14.8 Å². The highest BCUT2D eigenvalue weighted by atomic mass is 16.6. The molecule has 0 aliphatic carbocycles. The van der Waals surface area contributed by atoms with Gasteiger partial charge in [0.1, 0.15) is 18.8 Å². The second-order valence-electron chi connectivity index (χ2n) is 7.82. The minimum Gasteiger partial charge on any atom is -0.486 e. The van der Waals surface area contributed by atoms with Crippen LogP contribution in [0.2, 0.25) is 0 Å². The van der Waals surface area contributed by atoms with E-state index in [0.29, 0.717) is 19.6 Å². The molecule has 156 valence electrons. The molecule has 4 amide bonds. The molecule has 1 aromatic rings. The van der Waals surface area contributed by atoms with Crippen LogP contribution in [0.5, 0.6) is 11.5 Å². The van der Waals surface area contributed by atoms with Gasteiger partial charge in [0.05, 0.1) is 6.54 Å². The molecule has 2 fully saturated rings. The fourth-order valence-corrected chi connectivity index (χ4v) is 4.03. The molecule has 29 heavy (non-hydrogen) atoms. The van der Waals surface area contributed by atoms with Crippen LogP contribution in [0.3, 0.4) is 0 Å². The highest BCUT2D eigenvalue weighted by molar-refractivity contribution is 6.07. The number of fused-ring (bicyclic) bond motifs is 1. The van der Waals surface area contributed by atoms with Crippen LogP contribution in [0.4, 0.5) is 4.79 Å². The van der Waals surface area contributed by atoms with Gasteiger partial charge in [-0.05, 0) is 50.4 Å². The number of ether oxygens (including phenoxy) is 2. The maximum atomic E-state index is 12.6.